The van der Waals surface area contributed by atoms with Gasteiger partial charge >= 0.3 is 0 Å². The van der Waals surface area contributed by atoms with Crippen molar-refractivity contribution in [2.75, 3.05) is 0 Å². The topological polar surface area (TPSA) is 29.5 Å². The van der Waals surface area contributed by atoms with Crippen LogP contribution in [0.5, 0.6) is 0 Å². The molecule has 2 nitrogen and oxygen atoms in total. The highest BCUT2D eigenvalue weighted by molar-refractivity contribution is 5.22. The van der Waals surface area contributed by atoms with Gasteiger partial charge in [0.2, 0.25) is 0 Å². The van der Waals surface area contributed by atoms with Gasteiger partial charge in [0.05, 0.1) is 0 Å². The minimum absolute atomic E-state index is 0.00144. The molecule has 0 fully saturated rings. The molecule has 2 atom stereocenters. The Hall–Kier alpha value is -0.600. The smallest absolute Gasteiger partial charge is 0.103 e. The van der Waals surface area contributed by atoms with Crippen molar-refractivity contribution in [3.63, 3.8) is 0 Å². The third-order valence-corrected chi connectivity index (χ3v) is 2.76. The van der Waals surface area contributed by atoms with Gasteiger partial charge in [-0.15, -0.1) is 0 Å². The van der Waals surface area contributed by atoms with Crippen molar-refractivity contribution in [1.82, 2.24) is 0 Å². The third kappa shape index (κ3) is 1.32. The molecule has 0 radical (unpaired) electrons. The fraction of sp³-hybridized carbons (Fsp3) is 0.600. The SMILES string of the molecule is OOC1CCC=C2CCC=CC21. The van der Waals surface area contributed by atoms with Crippen LogP contribution in [0.4, 0.5) is 0 Å². The van der Waals surface area contributed by atoms with Gasteiger partial charge in [-0.2, -0.15) is 0 Å². The lowest BCUT2D eigenvalue weighted by molar-refractivity contribution is -0.286. The lowest BCUT2D eigenvalue weighted by atomic mass is 9.80. The highest BCUT2D eigenvalue weighted by Crippen LogP contribution is 2.33. The summed E-state index contributed by atoms with van der Waals surface area (Å²) < 4.78 is 0. The first kappa shape index (κ1) is 8.02. The average Bonchev–Trinajstić information content (AvgIpc) is 2.17. The normalized spacial score (nSPS) is 34.2. The molecule has 2 heteroatoms. The fourth-order valence-electron chi connectivity index (χ4n) is 2.11. The highest BCUT2D eigenvalue weighted by Gasteiger charge is 2.27. The molecule has 0 heterocycles. The van der Waals surface area contributed by atoms with Crippen LogP contribution in [-0.2, 0) is 4.89 Å². The largest absolute Gasteiger partial charge is 0.252 e. The van der Waals surface area contributed by atoms with Crippen molar-refractivity contribution < 1.29 is 10.1 Å². The van der Waals surface area contributed by atoms with E-state index in [1.165, 1.54) is 5.57 Å². The van der Waals surface area contributed by atoms with Gasteiger partial charge in [0.15, 0.2) is 0 Å². The maximum Gasteiger partial charge on any atom is 0.103 e. The Kier molecular flexibility index (Phi) is 2.28. The molecular weight excluding hydrogens is 152 g/mol. The van der Waals surface area contributed by atoms with Crippen LogP contribution in [0.2, 0.25) is 0 Å². The summed E-state index contributed by atoms with van der Waals surface area (Å²) in [5, 5.41) is 8.67. The number of hydrogen-bond donors (Lipinski definition) is 1. The summed E-state index contributed by atoms with van der Waals surface area (Å²) in [6, 6.07) is 0. The van der Waals surface area contributed by atoms with E-state index >= 15 is 0 Å². The second-order valence-corrected chi connectivity index (χ2v) is 3.49. The second kappa shape index (κ2) is 3.42. The van der Waals surface area contributed by atoms with Crippen LogP contribution < -0.4 is 0 Å². The molecule has 2 aliphatic carbocycles. The molecule has 12 heavy (non-hydrogen) atoms. The van der Waals surface area contributed by atoms with Crippen LogP contribution in [0.15, 0.2) is 23.8 Å². The van der Waals surface area contributed by atoms with Crippen LogP contribution in [0.1, 0.15) is 25.7 Å². The average molecular weight is 166 g/mol. The zero-order chi connectivity index (χ0) is 8.39. The van der Waals surface area contributed by atoms with Crippen molar-refractivity contribution in [1.29, 1.82) is 0 Å². The van der Waals surface area contributed by atoms with E-state index in [-0.39, 0.29) is 6.10 Å². The molecule has 0 aromatic carbocycles. The molecule has 0 bridgehead atoms. The molecule has 0 aromatic rings. The standard InChI is InChI=1S/C10H14O2/c11-12-10-7-3-5-8-4-1-2-6-9(8)10/h2,5-6,9-11H,1,3-4,7H2. The van der Waals surface area contributed by atoms with Crippen LogP contribution >= 0.6 is 0 Å². The molecular formula is C10H14O2. The molecule has 0 aliphatic heterocycles. The predicted molar refractivity (Wildman–Crippen MR) is 46.7 cm³/mol. The van der Waals surface area contributed by atoms with Crippen molar-refractivity contribution in [2.24, 2.45) is 5.92 Å². The quantitative estimate of drug-likeness (QED) is 0.368. The third-order valence-electron chi connectivity index (χ3n) is 2.76. The summed E-state index contributed by atoms with van der Waals surface area (Å²) in [5.74, 6) is 0.345. The minimum atomic E-state index is 0.00144. The van der Waals surface area contributed by atoms with E-state index in [9.17, 15) is 0 Å². The van der Waals surface area contributed by atoms with Gasteiger partial charge in [0, 0.05) is 5.92 Å². The first-order chi connectivity index (χ1) is 5.92. The van der Waals surface area contributed by atoms with Gasteiger partial charge in [-0.05, 0) is 25.7 Å². The summed E-state index contributed by atoms with van der Waals surface area (Å²) in [4.78, 5) is 4.47. The molecule has 2 rings (SSSR count). The van der Waals surface area contributed by atoms with Gasteiger partial charge in [-0.1, -0.05) is 23.8 Å². The monoisotopic (exact) mass is 166 g/mol. The molecule has 2 unspecified atom stereocenters. The molecule has 0 amide bonds. The molecule has 0 aromatic heterocycles. The van der Waals surface area contributed by atoms with Gasteiger partial charge in [0.1, 0.15) is 6.10 Å². The molecule has 1 N–H and O–H groups in total. The summed E-state index contributed by atoms with van der Waals surface area (Å²) in [5.41, 5.74) is 1.45. The van der Waals surface area contributed by atoms with Crippen LogP contribution in [0.3, 0.4) is 0 Å². The van der Waals surface area contributed by atoms with E-state index in [4.69, 9.17) is 5.26 Å². The van der Waals surface area contributed by atoms with Gasteiger partial charge in [-0.3, -0.25) is 5.26 Å². The molecule has 66 valence electrons. The van der Waals surface area contributed by atoms with E-state index < -0.39 is 0 Å². The number of allylic oxidation sites excluding steroid dienone is 2. The van der Waals surface area contributed by atoms with Crippen molar-refractivity contribution in [3.05, 3.63) is 23.8 Å². The zero-order valence-electron chi connectivity index (χ0n) is 7.07. The predicted octanol–water partition coefficient (Wildman–Crippen LogP) is 2.53. The van der Waals surface area contributed by atoms with E-state index in [1.54, 1.807) is 0 Å². The Morgan fingerprint density at radius 2 is 2.33 bits per heavy atom. The Balaban J connectivity index is 2.19. The fourth-order valence-corrected chi connectivity index (χ4v) is 2.11. The maximum atomic E-state index is 8.67. The molecule has 0 saturated carbocycles. The number of fused-ring (bicyclic) bond motifs is 1. The van der Waals surface area contributed by atoms with Gasteiger partial charge in [-0.25, -0.2) is 4.89 Å². The highest BCUT2D eigenvalue weighted by atomic mass is 17.1. The second-order valence-electron chi connectivity index (χ2n) is 3.49. The summed E-state index contributed by atoms with van der Waals surface area (Å²) in [6.07, 6.45) is 10.9. The zero-order valence-corrected chi connectivity index (χ0v) is 7.07. The van der Waals surface area contributed by atoms with E-state index in [0.717, 1.165) is 25.7 Å². The summed E-state index contributed by atoms with van der Waals surface area (Å²) in [7, 11) is 0. The first-order valence-electron chi connectivity index (χ1n) is 4.57. The van der Waals surface area contributed by atoms with Crippen LogP contribution in [0, 0.1) is 5.92 Å². The Morgan fingerprint density at radius 1 is 1.42 bits per heavy atom. The van der Waals surface area contributed by atoms with Crippen LogP contribution in [-0.4, -0.2) is 11.4 Å². The van der Waals surface area contributed by atoms with Crippen molar-refractivity contribution in [3.8, 4) is 0 Å². The molecule has 0 saturated heterocycles. The lowest BCUT2D eigenvalue weighted by Crippen LogP contribution is -2.27. The summed E-state index contributed by atoms with van der Waals surface area (Å²) in [6.45, 7) is 0. The number of rotatable bonds is 1. The Bertz CT molecular complexity index is 218. The van der Waals surface area contributed by atoms with Crippen LogP contribution in [0.25, 0.3) is 0 Å². The van der Waals surface area contributed by atoms with E-state index in [1.807, 2.05) is 0 Å². The van der Waals surface area contributed by atoms with Crippen molar-refractivity contribution in [2.45, 2.75) is 31.8 Å². The number of hydrogen-bond acceptors (Lipinski definition) is 2. The van der Waals surface area contributed by atoms with Gasteiger partial charge < -0.3 is 0 Å². The molecule has 2 aliphatic rings. The lowest BCUT2D eigenvalue weighted by Gasteiger charge is -2.30. The van der Waals surface area contributed by atoms with Crippen molar-refractivity contribution >= 4 is 0 Å². The Labute approximate surface area is 72.5 Å². The van der Waals surface area contributed by atoms with E-state index in [0.29, 0.717) is 5.92 Å². The molecule has 0 spiro atoms. The minimum Gasteiger partial charge on any atom is -0.252 e. The first-order valence-corrected chi connectivity index (χ1v) is 4.57. The van der Waals surface area contributed by atoms with Gasteiger partial charge in [0.25, 0.3) is 0 Å². The summed E-state index contributed by atoms with van der Waals surface area (Å²) >= 11 is 0. The Morgan fingerprint density at radius 3 is 3.17 bits per heavy atom. The van der Waals surface area contributed by atoms with E-state index in [2.05, 4.69) is 23.1 Å². The maximum absolute atomic E-state index is 8.67.